The minimum Gasteiger partial charge on any atom is -0.316 e. The molecule has 0 spiro atoms. The van der Waals surface area contributed by atoms with Crippen molar-refractivity contribution in [3.63, 3.8) is 0 Å². The minimum atomic E-state index is 0.882. The number of nitrogens with one attached hydrogen (secondary N) is 1. The van der Waals surface area contributed by atoms with E-state index < -0.39 is 0 Å². The lowest BCUT2D eigenvalue weighted by Gasteiger charge is -2.19. The number of unbranched alkanes of at least 4 members (excludes halogenated alkanes) is 2. The fraction of sp³-hybridized carbons (Fsp3) is 1.00. The molecule has 0 bridgehead atoms. The Hall–Kier alpha value is -0.0400. The highest BCUT2D eigenvalue weighted by Gasteiger charge is 2.08. The van der Waals surface area contributed by atoms with Gasteiger partial charge in [-0.1, -0.05) is 66.2 Å². The molecule has 0 aromatic carbocycles. The van der Waals surface area contributed by atoms with Crippen molar-refractivity contribution >= 4 is 0 Å². The Balaban J connectivity index is 3.67. The van der Waals surface area contributed by atoms with E-state index in [0.717, 1.165) is 11.8 Å². The maximum Gasteiger partial charge on any atom is -0.00204 e. The summed E-state index contributed by atoms with van der Waals surface area (Å²) in [6, 6.07) is 0. The predicted octanol–water partition coefficient (Wildman–Crippen LogP) is 5.01. The molecule has 0 rings (SSSR count). The van der Waals surface area contributed by atoms with Gasteiger partial charge in [0.1, 0.15) is 0 Å². The zero-order chi connectivity index (χ0) is 12.9. The van der Waals surface area contributed by atoms with Crippen LogP contribution in [-0.2, 0) is 0 Å². The summed E-state index contributed by atoms with van der Waals surface area (Å²) in [6.07, 6.45) is 11.0. The van der Waals surface area contributed by atoms with Crippen LogP contribution in [-0.4, -0.2) is 13.1 Å². The van der Waals surface area contributed by atoms with Crippen molar-refractivity contribution in [1.82, 2.24) is 5.32 Å². The van der Waals surface area contributed by atoms with Gasteiger partial charge in [0, 0.05) is 0 Å². The average molecular weight is 241 g/mol. The molecule has 0 heterocycles. The van der Waals surface area contributed by atoms with E-state index in [4.69, 9.17) is 0 Å². The Morgan fingerprint density at radius 3 is 1.88 bits per heavy atom. The molecule has 0 saturated carbocycles. The van der Waals surface area contributed by atoms with Gasteiger partial charge in [0.05, 0.1) is 0 Å². The highest BCUT2D eigenvalue weighted by Crippen LogP contribution is 2.15. The molecule has 0 aromatic rings. The second-order valence-corrected chi connectivity index (χ2v) is 5.49. The molecule has 0 aromatic heterocycles. The van der Waals surface area contributed by atoms with Crippen LogP contribution in [0, 0.1) is 11.8 Å². The van der Waals surface area contributed by atoms with Crippen molar-refractivity contribution in [2.24, 2.45) is 11.8 Å². The molecule has 0 radical (unpaired) electrons. The Bertz CT molecular complexity index is 140. The van der Waals surface area contributed by atoms with Crippen LogP contribution in [0.5, 0.6) is 0 Å². The van der Waals surface area contributed by atoms with Gasteiger partial charge in [0.25, 0.3) is 0 Å². The molecule has 0 fully saturated rings. The van der Waals surface area contributed by atoms with Crippen LogP contribution in [0.4, 0.5) is 0 Å². The lowest BCUT2D eigenvalue weighted by Crippen LogP contribution is -2.28. The zero-order valence-corrected chi connectivity index (χ0v) is 12.7. The van der Waals surface area contributed by atoms with E-state index in [1.165, 1.54) is 64.5 Å². The Labute approximate surface area is 110 Å². The Kier molecular flexibility index (Phi) is 12.4. The molecule has 17 heavy (non-hydrogen) atoms. The largest absolute Gasteiger partial charge is 0.316 e. The van der Waals surface area contributed by atoms with Crippen LogP contribution in [0.25, 0.3) is 0 Å². The molecule has 1 nitrogen and oxygen atoms in total. The van der Waals surface area contributed by atoms with Crippen molar-refractivity contribution in [2.75, 3.05) is 13.1 Å². The quantitative estimate of drug-likeness (QED) is 0.474. The summed E-state index contributed by atoms with van der Waals surface area (Å²) in [5.74, 6) is 1.80. The number of rotatable bonds is 12. The van der Waals surface area contributed by atoms with E-state index in [9.17, 15) is 0 Å². The smallest absolute Gasteiger partial charge is 0.00204 e. The molecule has 0 saturated heterocycles. The first-order chi connectivity index (χ1) is 8.28. The van der Waals surface area contributed by atoms with Crippen molar-refractivity contribution in [1.29, 1.82) is 0 Å². The number of hydrogen-bond donors (Lipinski definition) is 1. The summed E-state index contributed by atoms with van der Waals surface area (Å²) in [6.45, 7) is 11.7. The molecular formula is C16H35N. The van der Waals surface area contributed by atoms with Crippen LogP contribution in [0.2, 0.25) is 0 Å². The molecule has 1 N–H and O–H groups in total. The summed E-state index contributed by atoms with van der Waals surface area (Å²) < 4.78 is 0. The lowest BCUT2D eigenvalue weighted by atomic mass is 9.96. The second-order valence-electron chi connectivity index (χ2n) is 5.49. The van der Waals surface area contributed by atoms with Crippen molar-refractivity contribution in [3.8, 4) is 0 Å². The first-order valence-corrected chi connectivity index (χ1v) is 7.99. The third-order valence-electron chi connectivity index (χ3n) is 3.93. The lowest BCUT2D eigenvalue weighted by molar-refractivity contribution is 0.370. The SMILES string of the molecule is CCCCCC(CCC)CNCC(CC)CC. The molecule has 104 valence electrons. The highest BCUT2D eigenvalue weighted by atomic mass is 14.9. The zero-order valence-electron chi connectivity index (χ0n) is 12.7. The highest BCUT2D eigenvalue weighted by molar-refractivity contribution is 4.65. The normalized spacial score (nSPS) is 13.2. The minimum absolute atomic E-state index is 0.882. The fourth-order valence-electron chi connectivity index (χ4n) is 2.51. The van der Waals surface area contributed by atoms with Gasteiger partial charge in [0.15, 0.2) is 0 Å². The van der Waals surface area contributed by atoms with E-state index >= 15 is 0 Å². The van der Waals surface area contributed by atoms with Crippen molar-refractivity contribution in [3.05, 3.63) is 0 Å². The van der Waals surface area contributed by atoms with E-state index in [2.05, 4.69) is 33.0 Å². The van der Waals surface area contributed by atoms with Crippen LogP contribution in [0.15, 0.2) is 0 Å². The fourth-order valence-corrected chi connectivity index (χ4v) is 2.51. The third-order valence-corrected chi connectivity index (χ3v) is 3.93. The first-order valence-electron chi connectivity index (χ1n) is 7.99. The van der Waals surface area contributed by atoms with Gasteiger partial charge in [-0.15, -0.1) is 0 Å². The second kappa shape index (κ2) is 12.4. The summed E-state index contributed by atoms with van der Waals surface area (Å²) in [5, 5.41) is 3.70. The van der Waals surface area contributed by atoms with E-state index in [-0.39, 0.29) is 0 Å². The van der Waals surface area contributed by atoms with Crippen molar-refractivity contribution < 1.29 is 0 Å². The predicted molar refractivity (Wildman–Crippen MR) is 79.5 cm³/mol. The molecule has 1 atom stereocenters. The van der Waals surface area contributed by atoms with Gasteiger partial charge in [-0.25, -0.2) is 0 Å². The first kappa shape index (κ1) is 17.0. The standard InChI is InChI=1S/C16H35N/c1-5-9-10-12-16(11-6-2)14-17-13-15(7-3)8-4/h15-17H,5-14H2,1-4H3. The molecule has 1 unspecified atom stereocenters. The molecule has 0 aliphatic rings. The summed E-state index contributed by atoms with van der Waals surface area (Å²) >= 11 is 0. The van der Waals surface area contributed by atoms with E-state index in [1.54, 1.807) is 0 Å². The Morgan fingerprint density at radius 2 is 1.35 bits per heavy atom. The van der Waals surface area contributed by atoms with Gasteiger partial charge in [-0.2, -0.15) is 0 Å². The van der Waals surface area contributed by atoms with Crippen LogP contribution < -0.4 is 5.32 Å². The van der Waals surface area contributed by atoms with Crippen LogP contribution in [0.3, 0.4) is 0 Å². The average Bonchev–Trinajstić information content (AvgIpc) is 2.35. The van der Waals surface area contributed by atoms with E-state index in [0.29, 0.717) is 0 Å². The summed E-state index contributed by atoms with van der Waals surface area (Å²) in [4.78, 5) is 0. The monoisotopic (exact) mass is 241 g/mol. The van der Waals surface area contributed by atoms with E-state index in [1.807, 2.05) is 0 Å². The van der Waals surface area contributed by atoms with Gasteiger partial charge in [0.2, 0.25) is 0 Å². The van der Waals surface area contributed by atoms with Gasteiger partial charge in [-0.05, 0) is 37.8 Å². The summed E-state index contributed by atoms with van der Waals surface area (Å²) in [7, 11) is 0. The molecule has 0 amide bonds. The van der Waals surface area contributed by atoms with Gasteiger partial charge >= 0.3 is 0 Å². The topological polar surface area (TPSA) is 12.0 Å². The summed E-state index contributed by atoms with van der Waals surface area (Å²) in [5.41, 5.74) is 0. The molecule has 0 aliphatic carbocycles. The van der Waals surface area contributed by atoms with Gasteiger partial charge in [-0.3, -0.25) is 0 Å². The van der Waals surface area contributed by atoms with Crippen LogP contribution >= 0.6 is 0 Å². The van der Waals surface area contributed by atoms with Gasteiger partial charge < -0.3 is 5.32 Å². The molecule has 0 aliphatic heterocycles. The Morgan fingerprint density at radius 1 is 0.706 bits per heavy atom. The molecular weight excluding hydrogens is 206 g/mol. The third kappa shape index (κ3) is 9.64. The van der Waals surface area contributed by atoms with Crippen molar-refractivity contribution in [2.45, 2.75) is 79.1 Å². The maximum atomic E-state index is 3.70. The van der Waals surface area contributed by atoms with Crippen LogP contribution in [0.1, 0.15) is 79.1 Å². The number of hydrogen-bond acceptors (Lipinski definition) is 1. The maximum absolute atomic E-state index is 3.70. The molecule has 1 heteroatoms.